The Hall–Kier alpha value is -1.07. The molecule has 0 fully saturated rings. The molecule has 21 heavy (non-hydrogen) atoms. The van der Waals surface area contributed by atoms with E-state index in [1.54, 1.807) is 4.90 Å². The minimum absolute atomic E-state index is 0.0129. The second-order valence-electron chi connectivity index (χ2n) is 5.20. The smallest absolute Gasteiger partial charge is 0.254 e. The van der Waals surface area contributed by atoms with Gasteiger partial charge in [0.2, 0.25) is 0 Å². The first-order valence-corrected chi connectivity index (χ1v) is 8.28. The zero-order chi connectivity index (χ0) is 15.6. The second kappa shape index (κ2) is 6.79. The summed E-state index contributed by atoms with van der Waals surface area (Å²) in [6, 6.07) is 9.47. The largest absolute Gasteiger partial charge is 0.464 e. The highest BCUT2D eigenvalue weighted by Gasteiger charge is 2.21. The van der Waals surface area contributed by atoms with Crippen LogP contribution < -0.4 is 0 Å². The fourth-order valence-corrected chi connectivity index (χ4v) is 3.36. The minimum Gasteiger partial charge on any atom is -0.464 e. The molecule has 3 nitrogen and oxygen atoms in total. The summed E-state index contributed by atoms with van der Waals surface area (Å²) in [6.45, 7) is 6.37. The van der Waals surface area contributed by atoms with E-state index in [1.807, 2.05) is 51.1 Å². The number of halogens is 2. The average Bonchev–Trinajstić information content (AvgIpc) is 2.79. The van der Waals surface area contributed by atoms with E-state index < -0.39 is 0 Å². The summed E-state index contributed by atoms with van der Waals surface area (Å²) in [5.41, 5.74) is 0.647. The van der Waals surface area contributed by atoms with E-state index in [-0.39, 0.29) is 11.9 Å². The molecule has 112 valence electrons. The Morgan fingerprint density at radius 1 is 1.19 bits per heavy atom. The van der Waals surface area contributed by atoms with Gasteiger partial charge in [-0.05, 0) is 51.1 Å². The SMILES string of the molecule is Cc1ccc(CN(C(=O)c2cc(Br)cc(Br)c2)C(C)C)o1. The van der Waals surface area contributed by atoms with Crippen LogP contribution in [0.2, 0.25) is 0 Å². The van der Waals surface area contributed by atoms with Crippen molar-refractivity contribution in [1.29, 1.82) is 0 Å². The van der Waals surface area contributed by atoms with Crippen molar-refractivity contribution in [2.45, 2.75) is 33.4 Å². The van der Waals surface area contributed by atoms with Crippen LogP contribution in [0.1, 0.15) is 35.7 Å². The third-order valence-electron chi connectivity index (χ3n) is 3.12. The first-order valence-electron chi connectivity index (χ1n) is 6.69. The normalized spacial score (nSPS) is 11.0. The molecule has 0 unspecified atom stereocenters. The topological polar surface area (TPSA) is 33.5 Å². The zero-order valence-corrected chi connectivity index (χ0v) is 15.4. The lowest BCUT2D eigenvalue weighted by molar-refractivity contribution is 0.0675. The van der Waals surface area contributed by atoms with Crippen molar-refractivity contribution in [3.63, 3.8) is 0 Å². The monoisotopic (exact) mass is 413 g/mol. The number of carbonyl (C=O) groups is 1. The minimum atomic E-state index is -0.0129. The van der Waals surface area contributed by atoms with Gasteiger partial charge in [-0.3, -0.25) is 4.79 Å². The fourth-order valence-electron chi connectivity index (χ4n) is 2.07. The molecule has 0 aliphatic heterocycles. The molecule has 1 amide bonds. The maximum Gasteiger partial charge on any atom is 0.254 e. The molecule has 0 bridgehead atoms. The van der Waals surface area contributed by atoms with Crippen molar-refractivity contribution in [3.05, 3.63) is 56.4 Å². The quantitative estimate of drug-likeness (QED) is 0.691. The standard InChI is InChI=1S/C16H17Br2NO2/c1-10(2)19(9-15-5-4-11(3)21-15)16(20)12-6-13(17)8-14(18)7-12/h4-8,10H,9H2,1-3H3. The van der Waals surface area contributed by atoms with E-state index in [1.165, 1.54) is 0 Å². The zero-order valence-electron chi connectivity index (χ0n) is 12.2. The van der Waals surface area contributed by atoms with Gasteiger partial charge in [-0.2, -0.15) is 0 Å². The molecule has 0 spiro atoms. The molecule has 1 heterocycles. The molecule has 2 rings (SSSR count). The van der Waals surface area contributed by atoms with Gasteiger partial charge in [0.25, 0.3) is 5.91 Å². The number of nitrogens with zero attached hydrogens (tertiary/aromatic N) is 1. The molecule has 5 heteroatoms. The number of benzene rings is 1. The summed E-state index contributed by atoms with van der Waals surface area (Å²) in [7, 11) is 0. The molecule has 0 saturated carbocycles. The van der Waals surface area contributed by atoms with Crippen molar-refractivity contribution in [3.8, 4) is 0 Å². The van der Waals surface area contributed by atoms with Gasteiger partial charge in [0, 0.05) is 20.6 Å². The van der Waals surface area contributed by atoms with Gasteiger partial charge < -0.3 is 9.32 Å². The highest BCUT2D eigenvalue weighted by atomic mass is 79.9. The highest BCUT2D eigenvalue weighted by Crippen LogP contribution is 2.22. The lowest BCUT2D eigenvalue weighted by atomic mass is 10.1. The molecule has 0 radical (unpaired) electrons. The first-order chi connectivity index (χ1) is 9.86. The summed E-state index contributed by atoms with van der Waals surface area (Å²) in [6.07, 6.45) is 0. The fraction of sp³-hybridized carbons (Fsp3) is 0.312. The number of furan rings is 1. The van der Waals surface area contributed by atoms with Crippen LogP contribution in [0, 0.1) is 6.92 Å². The number of rotatable bonds is 4. The molecular formula is C16H17Br2NO2. The average molecular weight is 415 g/mol. The van der Waals surface area contributed by atoms with Crippen LogP contribution in [0.25, 0.3) is 0 Å². The predicted molar refractivity (Wildman–Crippen MR) is 90.3 cm³/mol. The maximum atomic E-state index is 12.7. The second-order valence-corrected chi connectivity index (χ2v) is 7.03. The number of hydrogen-bond donors (Lipinski definition) is 0. The van der Waals surface area contributed by atoms with Crippen molar-refractivity contribution < 1.29 is 9.21 Å². The molecule has 0 N–H and O–H groups in total. The van der Waals surface area contributed by atoms with E-state index >= 15 is 0 Å². The van der Waals surface area contributed by atoms with Gasteiger partial charge >= 0.3 is 0 Å². The number of aryl methyl sites for hydroxylation is 1. The van der Waals surface area contributed by atoms with E-state index in [0.29, 0.717) is 12.1 Å². The summed E-state index contributed by atoms with van der Waals surface area (Å²) >= 11 is 6.84. The van der Waals surface area contributed by atoms with Gasteiger partial charge in [-0.25, -0.2) is 0 Å². The van der Waals surface area contributed by atoms with Crippen LogP contribution in [0.3, 0.4) is 0 Å². The number of amides is 1. The van der Waals surface area contributed by atoms with Gasteiger partial charge in [0.15, 0.2) is 0 Å². The maximum absolute atomic E-state index is 12.7. The van der Waals surface area contributed by atoms with Crippen LogP contribution in [-0.2, 0) is 6.54 Å². The van der Waals surface area contributed by atoms with Crippen LogP contribution in [0.5, 0.6) is 0 Å². The van der Waals surface area contributed by atoms with Crippen LogP contribution >= 0.6 is 31.9 Å². The van der Waals surface area contributed by atoms with Gasteiger partial charge in [-0.1, -0.05) is 31.9 Å². The van der Waals surface area contributed by atoms with Crippen molar-refractivity contribution in [1.82, 2.24) is 4.90 Å². The summed E-state index contributed by atoms with van der Waals surface area (Å²) in [4.78, 5) is 14.5. The summed E-state index contributed by atoms with van der Waals surface area (Å²) in [5.74, 6) is 1.64. The molecule has 1 aromatic heterocycles. The Labute approximate surface area is 141 Å². The molecular weight excluding hydrogens is 398 g/mol. The highest BCUT2D eigenvalue weighted by molar-refractivity contribution is 9.11. The summed E-state index contributed by atoms with van der Waals surface area (Å²) < 4.78 is 7.33. The van der Waals surface area contributed by atoms with Gasteiger partial charge in [0.05, 0.1) is 6.54 Å². The van der Waals surface area contributed by atoms with Crippen LogP contribution in [-0.4, -0.2) is 16.8 Å². The molecule has 2 aromatic rings. The van der Waals surface area contributed by atoms with Gasteiger partial charge in [0.1, 0.15) is 11.5 Å². The lowest BCUT2D eigenvalue weighted by Gasteiger charge is -2.26. The third-order valence-corrected chi connectivity index (χ3v) is 4.03. The van der Waals surface area contributed by atoms with E-state index in [4.69, 9.17) is 4.42 Å². The van der Waals surface area contributed by atoms with E-state index in [0.717, 1.165) is 20.5 Å². The molecule has 0 aliphatic rings. The van der Waals surface area contributed by atoms with Gasteiger partial charge in [-0.15, -0.1) is 0 Å². The van der Waals surface area contributed by atoms with Crippen molar-refractivity contribution in [2.24, 2.45) is 0 Å². The Bertz CT molecular complexity index is 629. The molecule has 0 atom stereocenters. The Kier molecular flexibility index (Phi) is 5.27. The van der Waals surface area contributed by atoms with Crippen molar-refractivity contribution >= 4 is 37.8 Å². The first kappa shape index (κ1) is 16.3. The number of carbonyl (C=O) groups excluding carboxylic acids is 1. The molecule has 0 aliphatic carbocycles. The van der Waals surface area contributed by atoms with Crippen LogP contribution in [0.4, 0.5) is 0 Å². The Morgan fingerprint density at radius 2 is 1.81 bits per heavy atom. The van der Waals surface area contributed by atoms with Crippen LogP contribution in [0.15, 0.2) is 43.7 Å². The lowest BCUT2D eigenvalue weighted by Crippen LogP contribution is -2.36. The summed E-state index contributed by atoms with van der Waals surface area (Å²) in [5, 5.41) is 0. The van der Waals surface area contributed by atoms with E-state index in [2.05, 4.69) is 31.9 Å². The third kappa shape index (κ3) is 4.20. The number of hydrogen-bond acceptors (Lipinski definition) is 2. The Morgan fingerprint density at radius 3 is 2.29 bits per heavy atom. The molecule has 1 aromatic carbocycles. The molecule has 0 saturated heterocycles. The Balaban J connectivity index is 2.26. The van der Waals surface area contributed by atoms with Crippen molar-refractivity contribution in [2.75, 3.05) is 0 Å². The van der Waals surface area contributed by atoms with E-state index in [9.17, 15) is 4.79 Å². The predicted octanol–water partition coefficient (Wildman–Crippen LogP) is 5.16.